The number of carbonyl (C=O) groups is 2. The molecule has 2 aromatic rings. The summed E-state index contributed by atoms with van der Waals surface area (Å²) in [6.45, 7) is 2.56. The Hall–Kier alpha value is -2.44. The molecule has 1 aliphatic rings. The Morgan fingerprint density at radius 1 is 1.15 bits per heavy atom. The van der Waals surface area contributed by atoms with Gasteiger partial charge in [0.15, 0.2) is 11.5 Å². The number of imide groups is 1. The van der Waals surface area contributed by atoms with E-state index in [1.807, 2.05) is 19.1 Å². The SMILES string of the molecule is CCOc1ccc(/C=C2/SC(=O)N(Cc3ccccc3Cl)C2=O)cc1OC. The van der Waals surface area contributed by atoms with E-state index in [1.165, 1.54) is 4.90 Å². The monoisotopic (exact) mass is 403 g/mol. The molecule has 1 aliphatic heterocycles. The maximum atomic E-state index is 12.7. The van der Waals surface area contributed by atoms with Crippen LogP contribution in [0.1, 0.15) is 18.1 Å². The van der Waals surface area contributed by atoms with Gasteiger partial charge in [-0.15, -0.1) is 0 Å². The number of amides is 2. The Kier molecular flexibility index (Phi) is 6.08. The molecule has 7 heteroatoms. The molecule has 0 aliphatic carbocycles. The fourth-order valence-electron chi connectivity index (χ4n) is 2.63. The van der Waals surface area contributed by atoms with Crippen LogP contribution in [-0.4, -0.2) is 29.8 Å². The molecule has 0 bridgehead atoms. The van der Waals surface area contributed by atoms with Crippen molar-refractivity contribution in [1.29, 1.82) is 0 Å². The fourth-order valence-corrected chi connectivity index (χ4v) is 3.67. The second kappa shape index (κ2) is 8.50. The Morgan fingerprint density at radius 2 is 1.93 bits per heavy atom. The van der Waals surface area contributed by atoms with Gasteiger partial charge in [0, 0.05) is 5.02 Å². The second-order valence-corrected chi connectivity index (χ2v) is 7.10. The number of ether oxygens (including phenoxy) is 2. The summed E-state index contributed by atoms with van der Waals surface area (Å²) >= 11 is 7.05. The van der Waals surface area contributed by atoms with Crippen molar-refractivity contribution in [3.05, 3.63) is 63.5 Å². The molecule has 2 aromatic carbocycles. The average Bonchev–Trinajstić information content (AvgIpc) is 2.92. The Balaban J connectivity index is 1.83. The Morgan fingerprint density at radius 3 is 2.63 bits per heavy atom. The molecule has 0 saturated carbocycles. The normalized spacial score (nSPS) is 15.5. The molecule has 5 nitrogen and oxygen atoms in total. The third kappa shape index (κ3) is 4.28. The van der Waals surface area contributed by atoms with Crippen molar-refractivity contribution in [2.24, 2.45) is 0 Å². The van der Waals surface area contributed by atoms with Crippen LogP contribution in [-0.2, 0) is 11.3 Å². The summed E-state index contributed by atoms with van der Waals surface area (Å²) in [5.41, 5.74) is 1.48. The van der Waals surface area contributed by atoms with E-state index in [2.05, 4.69) is 0 Å². The third-order valence-electron chi connectivity index (χ3n) is 3.95. The summed E-state index contributed by atoms with van der Waals surface area (Å²) < 4.78 is 10.8. The van der Waals surface area contributed by atoms with Gasteiger partial charge in [0.2, 0.25) is 0 Å². The van der Waals surface area contributed by atoms with Crippen LogP contribution in [0.15, 0.2) is 47.4 Å². The number of benzene rings is 2. The molecule has 0 atom stereocenters. The molecule has 0 N–H and O–H groups in total. The average molecular weight is 404 g/mol. The number of hydrogen-bond donors (Lipinski definition) is 0. The lowest BCUT2D eigenvalue weighted by Gasteiger charge is -2.13. The molecule has 140 valence electrons. The van der Waals surface area contributed by atoms with Crippen molar-refractivity contribution in [3.63, 3.8) is 0 Å². The zero-order valence-electron chi connectivity index (χ0n) is 14.9. The number of rotatable bonds is 6. The highest BCUT2D eigenvalue weighted by atomic mass is 35.5. The maximum Gasteiger partial charge on any atom is 0.293 e. The molecule has 0 spiro atoms. The van der Waals surface area contributed by atoms with Gasteiger partial charge >= 0.3 is 0 Å². The number of hydrogen-bond acceptors (Lipinski definition) is 5. The van der Waals surface area contributed by atoms with E-state index in [4.69, 9.17) is 21.1 Å². The predicted molar refractivity (Wildman–Crippen MR) is 107 cm³/mol. The zero-order valence-corrected chi connectivity index (χ0v) is 16.5. The van der Waals surface area contributed by atoms with Gasteiger partial charge in [-0.3, -0.25) is 14.5 Å². The van der Waals surface area contributed by atoms with E-state index in [1.54, 1.807) is 43.5 Å². The first-order valence-corrected chi connectivity index (χ1v) is 9.52. The highest BCUT2D eigenvalue weighted by molar-refractivity contribution is 8.18. The maximum absolute atomic E-state index is 12.7. The predicted octanol–water partition coefficient (Wildman–Crippen LogP) is 4.98. The van der Waals surface area contributed by atoms with E-state index in [-0.39, 0.29) is 17.7 Å². The summed E-state index contributed by atoms with van der Waals surface area (Å²) in [4.78, 5) is 26.5. The van der Waals surface area contributed by atoms with E-state index in [0.29, 0.717) is 28.0 Å². The van der Waals surface area contributed by atoms with Gasteiger partial charge in [0.25, 0.3) is 11.1 Å². The molecule has 1 saturated heterocycles. The summed E-state index contributed by atoms with van der Waals surface area (Å²) in [6, 6.07) is 12.5. The molecule has 1 fully saturated rings. The fraction of sp³-hybridized carbons (Fsp3) is 0.200. The largest absolute Gasteiger partial charge is 0.493 e. The number of methoxy groups -OCH3 is 1. The van der Waals surface area contributed by atoms with Crippen LogP contribution in [0.3, 0.4) is 0 Å². The van der Waals surface area contributed by atoms with Crippen molar-refractivity contribution in [2.45, 2.75) is 13.5 Å². The minimum Gasteiger partial charge on any atom is -0.493 e. The lowest BCUT2D eigenvalue weighted by Crippen LogP contribution is -2.27. The van der Waals surface area contributed by atoms with E-state index in [9.17, 15) is 9.59 Å². The topological polar surface area (TPSA) is 55.8 Å². The lowest BCUT2D eigenvalue weighted by molar-refractivity contribution is -0.123. The summed E-state index contributed by atoms with van der Waals surface area (Å²) in [5.74, 6) is 0.864. The number of halogens is 1. The number of carbonyl (C=O) groups excluding carboxylic acids is 2. The molecule has 2 amide bonds. The molecule has 0 radical (unpaired) electrons. The molecular formula is C20H18ClNO4S. The van der Waals surface area contributed by atoms with E-state index in [0.717, 1.165) is 22.9 Å². The third-order valence-corrected chi connectivity index (χ3v) is 5.22. The number of nitrogens with zero attached hydrogens (tertiary/aromatic N) is 1. The molecule has 0 aromatic heterocycles. The first-order valence-electron chi connectivity index (χ1n) is 8.33. The van der Waals surface area contributed by atoms with Crippen molar-refractivity contribution in [3.8, 4) is 11.5 Å². The highest BCUT2D eigenvalue weighted by Gasteiger charge is 2.35. The van der Waals surface area contributed by atoms with E-state index >= 15 is 0 Å². The van der Waals surface area contributed by atoms with Crippen molar-refractivity contribution in [2.75, 3.05) is 13.7 Å². The van der Waals surface area contributed by atoms with Crippen LogP contribution >= 0.6 is 23.4 Å². The quantitative estimate of drug-likeness (QED) is 0.636. The van der Waals surface area contributed by atoms with Gasteiger partial charge in [-0.25, -0.2) is 0 Å². The Bertz CT molecular complexity index is 913. The zero-order chi connectivity index (χ0) is 19.4. The van der Waals surface area contributed by atoms with Crippen LogP contribution in [0.25, 0.3) is 6.08 Å². The summed E-state index contributed by atoms with van der Waals surface area (Å²) in [5, 5.41) is 0.209. The van der Waals surface area contributed by atoms with Gasteiger partial charge in [0.1, 0.15) is 0 Å². The molecular weight excluding hydrogens is 386 g/mol. The minimum atomic E-state index is -0.335. The first kappa shape index (κ1) is 19.3. The molecule has 3 rings (SSSR count). The van der Waals surface area contributed by atoms with Crippen LogP contribution in [0, 0.1) is 0 Å². The van der Waals surface area contributed by atoms with Gasteiger partial charge in [-0.2, -0.15) is 0 Å². The Labute approximate surface area is 166 Å². The van der Waals surface area contributed by atoms with Gasteiger partial charge < -0.3 is 9.47 Å². The van der Waals surface area contributed by atoms with Crippen molar-refractivity contribution >= 4 is 40.6 Å². The minimum absolute atomic E-state index is 0.147. The van der Waals surface area contributed by atoms with Crippen molar-refractivity contribution < 1.29 is 19.1 Å². The van der Waals surface area contributed by atoms with E-state index < -0.39 is 0 Å². The van der Waals surface area contributed by atoms with Crippen LogP contribution in [0.4, 0.5) is 4.79 Å². The van der Waals surface area contributed by atoms with Gasteiger partial charge in [0.05, 0.1) is 25.2 Å². The number of thioether (sulfide) groups is 1. The molecule has 0 unspecified atom stereocenters. The molecule has 27 heavy (non-hydrogen) atoms. The highest BCUT2D eigenvalue weighted by Crippen LogP contribution is 2.35. The van der Waals surface area contributed by atoms with Crippen LogP contribution in [0.5, 0.6) is 11.5 Å². The summed E-state index contributed by atoms with van der Waals surface area (Å²) in [6.07, 6.45) is 1.68. The second-order valence-electron chi connectivity index (χ2n) is 5.70. The standard InChI is InChI=1S/C20H18ClNO4S/c1-3-26-16-9-8-13(10-17(16)25-2)11-18-19(23)22(20(24)27-18)12-14-6-4-5-7-15(14)21/h4-11H,3,12H2,1-2H3/b18-11+. The van der Waals surface area contributed by atoms with Gasteiger partial charge in [-0.05, 0) is 54.1 Å². The van der Waals surface area contributed by atoms with Crippen LogP contribution < -0.4 is 9.47 Å². The lowest BCUT2D eigenvalue weighted by atomic mass is 10.1. The summed E-state index contributed by atoms with van der Waals surface area (Å²) in [7, 11) is 1.55. The van der Waals surface area contributed by atoms with Gasteiger partial charge in [-0.1, -0.05) is 35.9 Å². The molecule has 1 heterocycles. The van der Waals surface area contributed by atoms with Crippen molar-refractivity contribution in [1.82, 2.24) is 4.90 Å². The van der Waals surface area contributed by atoms with Crippen LogP contribution in [0.2, 0.25) is 5.02 Å². The smallest absolute Gasteiger partial charge is 0.293 e. The first-order chi connectivity index (χ1) is 13.0.